The number of hydrogen-bond acceptors (Lipinski definition) is 11. The maximum Gasteiger partial charge on any atom is 0.335 e. The van der Waals surface area contributed by atoms with Crippen LogP contribution in [0.4, 0.5) is 0 Å². The van der Waals surface area contributed by atoms with Crippen LogP contribution in [0.1, 0.15) is 175 Å². The van der Waals surface area contributed by atoms with Crippen LogP contribution in [0, 0.1) is 0 Å². The lowest BCUT2D eigenvalue weighted by molar-refractivity contribution is -0.301. The van der Waals surface area contributed by atoms with Crippen LogP contribution in [0.2, 0.25) is 0 Å². The molecule has 0 saturated carbocycles. The van der Waals surface area contributed by atoms with Gasteiger partial charge < -0.3 is 39.0 Å². The van der Waals surface area contributed by atoms with Gasteiger partial charge in [-0.05, 0) is 116 Å². The molecule has 0 aromatic rings. The van der Waals surface area contributed by atoms with Gasteiger partial charge in [-0.15, -0.1) is 0 Å². The van der Waals surface area contributed by atoms with Gasteiger partial charge in [0.05, 0.1) is 13.0 Å². The number of allylic oxidation sites excluding steroid dienone is 25. The molecule has 3 N–H and O–H groups in total. The highest BCUT2D eigenvalue weighted by molar-refractivity contribution is 5.74. The van der Waals surface area contributed by atoms with Gasteiger partial charge in [0.1, 0.15) is 18.8 Å². The number of carboxylic acid groups (broad SMARTS) is 1. The lowest BCUT2D eigenvalue weighted by atomic mass is 9.98. The van der Waals surface area contributed by atoms with E-state index >= 15 is 0 Å². The number of aliphatic hydroxyl groups excluding tert-OH is 2. The van der Waals surface area contributed by atoms with E-state index in [0.29, 0.717) is 25.7 Å². The Labute approximate surface area is 463 Å². The van der Waals surface area contributed by atoms with Gasteiger partial charge in [-0.25, -0.2) is 4.79 Å². The Morgan fingerprint density at radius 1 is 0.442 bits per heavy atom. The molecule has 0 aromatic heterocycles. The predicted octanol–water partition coefficient (Wildman–Crippen LogP) is 14.6. The molecule has 0 aliphatic carbocycles. The van der Waals surface area contributed by atoms with Gasteiger partial charge in [0.15, 0.2) is 24.6 Å². The molecule has 428 valence electrons. The maximum absolute atomic E-state index is 13.1. The van der Waals surface area contributed by atoms with Gasteiger partial charge in [0, 0.05) is 12.8 Å². The fourth-order valence-corrected chi connectivity index (χ4v) is 7.37. The third-order valence-corrected chi connectivity index (χ3v) is 11.6. The summed E-state index contributed by atoms with van der Waals surface area (Å²) in [5.74, 6) is -3.42. The van der Waals surface area contributed by atoms with E-state index in [1.54, 1.807) is 12.2 Å². The summed E-state index contributed by atoms with van der Waals surface area (Å²) < 4.78 is 28.2. The largest absolute Gasteiger partial charge is 0.479 e. The molecule has 0 bridgehead atoms. The summed E-state index contributed by atoms with van der Waals surface area (Å²) in [5, 5.41) is 31.4. The third-order valence-electron chi connectivity index (χ3n) is 11.6. The number of carbonyl (C=O) groups excluding carboxylic acids is 3. The normalized spacial score (nSPS) is 19.2. The van der Waals surface area contributed by atoms with E-state index in [0.717, 1.165) is 109 Å². The second kappa shape index (κ2) is 51.1. The number of esters is 3. The topological polar surface area (TPSA) is 175 Å². The van der Waals surface area contributed by atoms with Crippen molar-refractivity contribution in [2.75, 3.05) is 13.2 Å². The van der Waals surface area contributed by atoms with Gasteiger partial charge in [-0.2, -0.15) is 0 Å². The first kappa shape index (κ1) is 69.4. The van der Waals surface area contributed by atoms with Crippen molar-refractivity contribution in [3.05, 3.63) is 158 Å². The fourth-order valence-electron chi connectivity index (χ4n) is 7.37. The Hall–Kier alpha value is -5.66. The van der Waals surface area contributed by atoms with E-state index < -0.39 is 67.3 Å². The first-order valence-electron chi connectivity index (χ1n) is 28.5. The molecule has 12 nitrogen and oxygen atoms in total. The Balaban J connectivity index is 2.82. The van der Waals surface area contributed by atoms with Crippen LogP contribution >= 0.6 is 0 Å². The minimum Gasteiger partial charge on any atom is -0.479 e. The number of aliphatic hydroxyl groups is 2. The SMILES string of the molecule is CC/C=C\C/C=C\C/C=C\C/C=C\C/C=C\CCCC(=O)OCC(COC1OC(C(=O)O)C(O)C(O)C1OC(=O)C/C=C\C/C=C\C/C=C\C/C=C\C/C=C\CC)OC(=O)CCCCCCC/C=C\C/C=C\C/C=C\CC. The Kier molecular flexibility index (Phi) is 46.0. The maximum atomic E-state index is 13.1. The number of ether oxygens (including phenoxy) is 5. The summed E-state index contributed by atoms with van der Waals surface area (Å²) in [6.07, 6.45) is 62.5. The minimum atomic E-state index is -1.95. The van der Waals surface area contributed by atoms with E-state index in [1.165, 1.54) is 0 Å². The zero-order chi connectivity index (χ0) is 56.1. The van der Waals surface area contributed by atoms with Crippen LogP contribution in [0.5, 0.6) is 0 Å². The number of hydrogen-bond donors (Lipinski definition) is 3. The van der Waals surface area contributed by atoms with Gasteiger partial charge >= 0.3 is 23.9 Å². The standard InChI is InChI=1S/C65H96O12/c1-4-7-10-13-16-19-22-25-28-29-32-33-36-39-42-45-48-51-57(66)73-54-56(75-58(67)52-49-46-43-40-37-34-30-26-23-20-17-14-11-8-5-2)55-74-65-63(61(70)60(69)62(77-65)64(71)72)76-59(68)53-50-47-44-41-38-35-31-27-24-21-18-15-12-9-6-3/h7-12,16-21,25-28,30-33,38-39,41-42,47,50,56,60-63,65,69-70H,4-6,13-15,22-24,29,34-37,40,43-46,48-49,51-55H2,1-3H3,(H,71,72)/b10-7-,11-8-,12-9-,19-16-,20-17-,21-18-,28-25-,30-26-,31-27-,33-32-,41-38-,42-39-,50-47-. The molecule has 0 aromatic carbocycles. The zero-order valence-electron chi connectivity index (χ0n) is 46.9. The molecule has 1 saturated heterocycles. The molecule has 0 amide bonds. The summed E-state index contributed by atoms with van der Waals surface area (Å²) in [4.78, 5) is 51.0. The molecule has 0 spiro atoms. The Morgan fingerprint density at radius 2 is 0.831 bits per heavy atom. The van der Waals surface area contributed by atoms with Crippen molar-refractivity contribution in [3.63, 3.8) is 0 Å². The lowest BCUT2D eigenvalue weighted by Gasteiger charge is -2.40. The number of carbonyl (C=O) groups is 4. The van der Waals surface area contributed by atoms with Gasteiger partial charge in [-0.3, -0.25) is 14.4 Å². The molecule has 1 fully saturated rings. The molecule has 6 unspecified atom stereocenters. The van der Waals surface area contributed by atoms with E-state index in [2.05, 4.69) is 142 Å². The first-order chi connectivity index (χ1) is 37.6. The number of rotatable bonds is 45. The Bertz CT molecular complexity index is 1940. The highest BCUT2D eigenvalue weighted by atomic mass is 16.7. The number of unbranched alkanes of at least 4 members (excludes halogenated alkanes) is 6. The fraction of sp³-hybridized carbons (Fsp3) is 0.538. The highest BCUT2D eigenvalue weighted by Gasteiger charge is 2.50. The molecule has 1 aliphatic heterocycles. The molecule has 77 heavy (non-hydrogen) atoms. The average Bonchev–Trinajstić information content (AvgIpc) is 3.42. The van der Waals surface area contributed by atoms with E-state index in [-0.39, 0.29) is 25.9 Å². The van der Waals surface area contributed by atoms with Crippen molar-refractivity contribution in [2.24, 2.45) is 0 Å². The predicted molar refractivity (Wildman–Crippen MR) is 312 cm³/mol. The molecule has 1 heterocycles. The van der Waals surface area contributed by atoms with E-state index in [4.69, 9.17) is 23.7 Å². The van der Waals surface area contributed by atoms with Crippen molar-refractivity contribution in [1.29, 1.82) is 0 Å². The lowest BCUT2D eigenvalue weighted by Crippen LogP contribution is -2.61. The number of aliphatic carboxylic acids is 1. The van der Waals surface area contributed by atoms with Crippen LogP contribution in [-0.2, 0) is 42.9 Å². The zero-order valence-corrected chi connectivity index (χ0v) is 46.9. The first-order valence-corrected chi connectivity index (χ1v) is 28.5. The molecule has 1 aliphatic rings. The number of carboxylic acids is 1. The average molecular weight is 1070 g/mol. The van der Waals surface area contributed by atoms with Crippen LogP contribution in [0.15, 0.2) is 158 Å². The van der Waals surface area contributed by atoms with Crippen LogP contribution in [0.3, 0.4) is 0 Å². The molecular weight excluding hydrogens is 973 g/mol. The monoisotopic (exact) mass is 1070 g/mol. The van der Waals surface area contributed by atoms with E-state index in [1.807, 2.05) is 24.3 Å². The third kappa shape index (κ3) is 41.2. The van der Waals surface area contributed by atoms with Crippen molar-refractivity contribution in [3.8, 4) is 0 Å². The van der Waals surface area contributed by atoms with Gasteiger partial charge in [0.25, 0.3) is 0 Å². The minimum absolute atomic E-state index is 0.110. The van der Waals surface area contributed by atoms with Crippen LogP contribution < -0.4 is 0 Å². The summed E-state index contributed by atoms with van der Waals surface area (Å²) in [7, 11) is 0. The Morgan fingerprint density at radius 3 is 1.29 bits per heavy atom. The van der Waals surface area contributed by atoms with Crippen molar-refractivity contribution in [2.45, 2.75) is 212 Å². The quantitative estimate of drug-likeness (QED) is 0.0228. The molecule has 0 radical (unpaired) electrons. The van der Waals surface area contributed by atoms with Crippen molar-refractivity contribution in [1.82, 2.24) is 0 Å². The summed E-state index contributed by atoms with van der Waals surface area (Å²) >= 11 is 0. The highest BCUT2D eigenvalue weighted by Crippen LogP contribution is 2.26. The second-order valence-electron chi connectivity index (χ2n) is 18.4. The van der Waals surface area contributed by atoms with Crippen molar-refractivity contribution < 1.29 is 58.2 Å². The molecule has 6 atom stereocenters. The summed E-state index contributed by atoms with van der Waals surface area (Å²) in [5.41, 5.74) is 0. The smallest absolute Gasteiger partial charge is 0.335 e. The summed E-state index contributed by atoms with van der Waals surface area (Å²) in [6.45, 7) is 5.51. The van der Waals surface area contributed by atoms with Gasteiger partial charge in [-0.1, -0.05) is 198 Å². The second-order valence-corrected chi connectivity index (χ2v) is 18.4. The molecule has 1 rings (SSSR count). The molecule has 12 heteroatoms. The van der Waals surface area contributed by atoms with Crippen molar-refractivity contribution >= 4 is 23.9 Å². The van der Waals surface area contributed by atoms with Gasteiger partial charge in [0.2, 0.25) is 0 Å². The van der Waals surface area contributed by atoms with E-state index in [9.17, 15) is 34.5 Å². The molecular formula is C65H96O12. The van der Waals surface area contributed by atoms with Crippen LogP contribution in [0.25, 0.3) is 0 Å². The summed E-state index contributed by atoms with van der Waals surface area (Å²) in [6, 6.07) is 0. The van der Waals surface area contributed by atoms with Crippen LogP contribution in [-0.4, -0.2) is 89.2 Å².